The Hall–Kier alpha value is -2.22. The van der Waals surface area contributed by atoms with E-state index in [0.717, 1.165) is 31.4 Å². The summed E-state index contributed by atoms with van der Waals surface area (Å²) in [5, 5.41) is 2.40. The first-order chi connectivity index (χ1) is 11.9. The van der Waals surface area contributed by atoms with Crippen molar-refractivity contribution in [2.75, 3.05) is 11.9 Å². The normalized spacial score (nSPS) is 10.8. The summed E-state index contributed by atoms with van der Waals surface area (Å²) >= 11 is 0. The van der Waals surface area contributed by atoms with Crippen molar-refractivity contribution >= 4 is 33.7 Å². The van der Waals surface area contributed by atoms with Crippen LogP contribution in [-0.2, 0) is 19.6 Å². The Bertz CT molecular complexity index is 726. The van der Waals surface area contributed by atoms with Gasteiger partial charge >= 0.3 is 6.09 Å². The van der Waals surface area contributed by atoms with E-state index in [9.17, 15) is 18.0 Å². The number of nitrogens with zero attached hydrogens (tertiary/aromatic N) is 1. The fourth-order valence-corrected chi connectivity index (χ4v) is 2.76. The lowest BCUT2D eigenvalue weighted by atomic mass is 10.1. The van der Waals surface area contributed by atoms with Crippen LogP contribution in [0.3, 0.4) is 0 Å². The zero-order valence-corrected chi connectivity index (χ0v) is 14.8. The maximum absolute atomic E-state index is 11.7. The van der Waals surface area contributed by atoms with Gasteiger partial charge in [-0.15, -0.1) is 0 Å². The summed E-state index contributed by atoms with van der Waals surface area (Å²) in [6.45, 7) is 2.42. The van der Waals surface area contributed by atoms with Crippen LogP contribution in [0.1, 0.15) is 45.4 Å². The molecule has 0 atom stereocenters. The summed E-state index contributed by atoms with van der Waals surface area (Å²) in [6.07, 6.45) is 6.88. The molecular weight excluding hydrogens is 348 g/mol. The predicted octanol–water partition coefficient (Wildman–Crippen LogP) is 3.81. The number of rotatable bonds is 10. The van der Waals surface area contributed by atoms with Crippen LogP contribution in [0.2, 0.25) is 0 Å². The molecule has 0 spiro atoms. The summed E-state index contributed by atoms with van der Waals surface area (Å²) in [5.74, 6) is 0. The number of aliphatic imine (C=N–C) groups is 1. The Balaban J connectivity index is 2.55. The third-order valence-corrected chi connectivity index (χ3v) is 4.28. The van der Waals surface area contributed by atoms with Crippen LogP contribution in [0.15, 0.2) is 28.1 Å². The molecule has 0 aliphatic heterocycles. The number of hydrogen-bond acceptors (Lipinski definition) is 6. The summed E-state index contributed by atoms with van der Waals surface area (Å²) in [6, 6.07) is 3.40. The lowest BCUT2D eigenvalue weighted by Gasteiger charge is -2.08. The minimum atomic E-state index is -4.54. The zero-order valence-electron chi connectivity index (χ0n) is 14.0. The van der Waals surface area contributed by atoms with Crippen LogP contribution in [0.4, 0.5) is 16.2 Å². The Labute approximate surface area is 147 Å². The third-order valence-electron chi connectivity index (χ3n) is 3.38. The molecule has 0 heterocycles. The largest absolute Gasteiger partial charge is 0.449 e. The first-order valence-electron chi connectivity index (χ1n) is 8.01. The van der Waals surface area contributed by atoms with Crippen LogP contribution in [0, 0.1) is 0 Å². The van der Waals surface area contributed by atoms with Gasteiger partial charge < -0.3 is 4.74 Å². The summed E-state index contributed by atoms with van der Waals surface area (Å²) in [5.41, 5.74) is -0.152. The van der Waals surface area contributed by atoms with Gasteiger partial charge in [-0.25, -0.2) is 9.59 Å². The Morgan fingerprint density at radius 1 is 1.24 bits per heavy atom. The molecule has 1 amide bonds. The molecule has 0 unspecified atom stereocenters. The minimum absolute atomic E-state index is 0.175. The fraction of sp³-hybridized carbons (Fsp3) is 0.500. The highest BCUT2D eigenvalue weighted by molar-refractivity contribution is 7.86. The van der Waals surface area contributed by atoms with Crippen molar-refractivity contribution in [1.82, 2.24) is 0 Å². The van der Waals surface area contributed by atoms with Gasteiger partial charge in [0.05, 0.1) is 12.3 Å². The number of unbranched alkanes of at least 4 members (excludes halogenated alkanes) is 5. The van der Waals surface area contributed by atoms with Gasteiger partial charge in [-0.2, -0.15) is 13.4 Å². The van der Waals surface area contributed by atoms with Crippen molar-refractivity contribution in [3.63, 3.8) is 0 Å². The molecule has 1 aromatic rings. The average Bonchev–Trinajstić information content (AvgIpc) is 2.53. The molecule has 0 aromatic heterocycles. The Morgan fingerprint density at radius 3 is 2.56 bits per heavy atom. The molecule has 0 fully saturated rings. The van der Waals surface area contributed by atoms with Crippen LogP contribution in [0.5, 0.6) is 0 Å². The van der Waals surface area contributed by atoms with E-state index >= 15 is 0 Å². The standard InChI is InChI=1S/C16H22N2O6S/c1-2-3-4-5-6-7-10-24-16(20)18-13-8-9-15(25(21,22)23)14(11-13)17-12-19/h8-9,11H,2-7,10H2,1H3,(H,18,20)(H,21,22,23). The second kappa shape index (κ2) is 10.6. The Kier molecular flexibility index (Phi) is 8.83. The van der Waals surface area contributed by atoms with Crippen molar-refractivity contribution in [3.05, 3.63) is 18.2 Å². The molecule has 138 valence electrons. The number of carbonyl (C=O) groups is 1. The summed E-state index contributed by atoms with van der Waals surface area (Å²) in [7, 11) is -4.54. The number of ether oxygens (including phenoxy) is 1. The molecule has 0 saturated heterocycles. The van der Waals surface area contributed by atoms with Gasteiger partial charge in [0, 0.05) is 5.69 Å². The highest BCUT2D eigenvalue weighted by atomic mass is 32.2. The molecule has 0 saturated carbocycles. The van der Waals surface area contributed by atoms with E-state index in [1.807, 2.05) is 0 Å². The lowest BCUT2D eigenvalue weighted by molar-refractivity contribution is 0.159. The predicted molar refractivity (Wildman–Crippen MR) is 92.4 cm³/mol. The topological polar surface area (TPSA) is 122 Å². The molecule has 9 heteroatoms. The number of anilines is 1. The fourth-order valence-electron chi connectivity index (χ4n) is 2.15. The average molecular weight is 370 g/mol. The van der Waals surface area contributed by atoms with E-state index in [2.05, 4.69) is 17.2 Å². The molecule has 1 aromatic carbocycles. The van der Waals surface area contributed by atoms with Crippen molar-refractivity contribution in [3.8, 4) is 0 Å². The SMILES string of the molecule is CCCCCCCCOC(=O)Nc1ccc(S(=O)(=O)O)c(N=C=O)c1. The van der Waals surface area contributed by atoms with Crippen molar-refractivity contribution in [1.29, 1.82) is 0 Å². The maximum atomic E-state index is 11.7. The Morgan fingerprint density at radius 2 is 1.92 bits per heavy atom. The van der Waals surface area contributed by atoms with E-state index in [4.69, 9.17) is 9.29 Å². The summed E-state index contributed by atoms with van der Waals surface area (Å²) < 4.78 is 36.5. The van der Waals surface area contributed by atoms with Crippen LogP contribution < -0.4 is 5.32 Å². The van der Waals surface area contributed by atoms with E-state index in [1.54, 1.807) is 0 Å². The monoisotopic (exact) mass is 370 g/mol. The van der Waals surface area contributed by atoms with Gasteiger partial charge in [-0.3, -0.25) is 9.87 Å². The molecule has 0 radical (unpaired) electrons. The number of isocyanates is 1. The minimum Gasteiger partial charge on any atom is -0.449 e. The first kappa shape index (κ1) is 20.8. The van der Waals surface area contributed by atoms with Crippen molar-refractivity contribution in [2.45, 2.75) is 50.3 Å². The van der Waals surface area contributed by atoms with E-state index < -0.39 is 21.1 Å². The highest BCUT2D eigenvalue weighted by Gasteiger charge is 2.16. The summed E-state index contributed by atoms with van der Waals surface area (Å²) in [4.78, 5) is 24.7. The number of hydrogen-bond donors (Lipinski definition) is 2. The van der Waals surface area contributed by atoms with Gasteiger partial charge in [-0.1, -0.05) is 39.0 Å². The van der Waals surface area contributed by atoms with Gasteiger partial charge in [0.15, 0.2) is 0 Å². The highest BCUT2D eigenvalue weighted by Crippen LogP contribution is 2.27. The van der Waals surface area contributed by atoms with E-state index in [0.29, 0.717) is 0 Å². The van der Waals surface area contributed by atoms with E-state index in [1.165, 1.54) is 31.4 Å². The molecule has 0 bridgehead atoms. The van der Waals surface area contributed by atoms with E-state index in [-0.39, 0.29) is 18.0 Å². The second-order valence-corrected chi connectivity index (χ2v) is 6.78. The molecule has 0 aliphatic carbocycles. The number of nitrogens with one attached hydrogen (secondary N) is 1. The number of benzene rings is 1. The number of amides is 1. The van der Waals surface area contributed by atoms with Gasteiger partial charge in [0.2, 0.25) is 6.08 Å². The first-order valence-corrected chi connectivity index (χ1v) is 9.45. The molecule has 0 aliphatic rings. The molecule has 25 heavy (non-hydrogen) atoms. The van der Waals surface area contributed by atoms with Crippen molar-refractivity contribution in [2.24, 2.45) is 4.99 Å². The molecular formula is C16H22N2O6S. The maximum Gasteiger partial charge on any atom is 0.411 e. The van der Waals surface area contributed by atoms with Crippen LogP contribution in [0.25, 0.3) is 0 Å². The second-order valence-electron chi connectivity index (χ2n) is 5.39. The quantitative estimate of drug-likeness (QED) is 0.279. The molecule has 1 rings (SSSR count). The third kappa shape index (κ3) is 7.93. The van der Waals surface area contributed by atoms with Gasteiger partial charge in [-0.05, 0) is 24.6 Å². The molecule has 8 nitrogen and oxygen atoms in total. The molecule has 2 N–H and O–H groups in total. The van der Waals surface area contributed by atoms with Crippen molar-refractivity contribution < 1.29 is 27.3 Å². The smallest absolute Gasteiger partial charge is 0.411 e. The van der Waals surface area contributed by atoms with Gasteiger partial charge in [0.1, 0.15) is 4.90 Å². The van der Waals surface area contributed by atoms with Crippen LogP contribution >= 0.6 is 0 Å². The zero-order chi connectivity index (χ0) is 18.7. The number of carbonyl (C=O) groups excluding carboxylic acids is 2. The van der Waals surface area contributed by atoms with Crippen LogP contribution in [-0.4, -0.2) is 31.8 Å². The van der Waals surface area contributed by atoms with Gasteiger partial charge in [0.25, 0.3) is 10.1 Å². The lowest BCUT2D eigenvalue weighted by Crippen LogP contribution is -2.14.